The van der Waals surface area contributed by atoms with Crippen LogP contribution in [-0.2, 0) is 6.54 Å². The normalized spacial score (nSPS) is 15.1. The van der Waals surface area contributed by atoms with Crippen molar-refractivity contribution in [1.82, 2.24) is 14.7 Å². The van der Waals surface area contributed by atoms with Crippen LogP contribution in [0.2, 0.25) is 5.02 Å². The Balaban J connectivity index is 1.65. The number of piperidine rings is 1. The number of methoxy groups -OCH3 is 1. The van der Waals surface area contributed by atoms with Gasteiger partial charge < -0.3 is 9.64 Å². The summed E-state index contributed by atoms with van der Waals surface area (Å²) < 4.78 is 6.81. The van der Waals surface area contributed by atoms with Gasteiger partial charge in [-0.1, -0.05) is 11.6 Å². The van der Waals surface area contributed by atoms with Crippen molar-refractivity contribution in [1.29, 1.82) is 0 Å². The van der Waals surface area contributed by atoms with Crippen molar-refractivity contribution >= 4 is 17.5 Å². The fraction of sp³-hybridized carbons (Fsp3) is 0.421. The Morgan fingerprint density at radius 3 is 2.69 bits per heavy atom. The molecule has 1 saturated heterocycles. The molecule has 0 saturated carbocycles. The average Bonchev–Trinajstić information content (AvgIpc) is 2.65. The molecule has 26 heavy (non-hydrogen) atoms. The lowest BCUT2D eigenvalue weighted by Gasteiger charge is -2.32. The Hall–Kier alpha value is -2.34. The van der Waals surface area contributed by atoms with E-state index < -0.39 is 0 Å². The summed E-state index contributed by atoms with van der Waals surface area (Å²) in [6, 6.07) is 8.32. The first-order valence-electron chi connectivity index (χ1n) is 8.65. The standard InChI is InChI=1S/C19H22ClN3O3/c1-13-3-6-18(24)23(21-13)12-14-7-9-22(10-8-14)19(25)16-11-15(20)4-5-17(16)26-2/h3-6,11,14H,7-10,12H2,1-2H3. The van der Waals surface area contributed by atoms with Gasteiger partial charge in [-0.05, 0) is 49.9 Å². The van der Waals surface area contributed by atoms with Gasteiger partial charge in [-0.25, -0.2) is 4.68 Å². The lowest BCUT2D eigenvalue weighted by molar-refractivity contribution is 0.0677. The second kappa shape index (κ2) is 7.91. The minimum atomic E-state index is -0.0854. The first-order chi connectivity index (χ1) is 12.5. The average molecular weight is 376 g/mol. The van der Waals surface area contributed by atoms with Crippen molar-refractivity contribution in [2.45, 2.75) is 26.3 Å². The molecule has 1 aromatic heterocycles. The highest BCUT2D eigenvalue weighted by Crippen LogP contribution is 2.26. The molecule has 1 fully saturated rings. The van der Waals surface area contributed by atoms with Crippen molar-refractivity contribution in [2.75, 3.05) is 20.2 Å². The monoisotopic (exact) mass is 375 g/mol. The lowest BCUT2D eigenvalue weighted by atomic mass is 9.96. The van der Waals surface area contributed by atoms with Crippen LogP contribution in [0.15, 0.2) is 35.1 Å². The maximum absolute atomic E-state index is 12.8. The zero-order valence-electron chi connectivity index (χ0n) is 14.9. The van der Waals surface area contributed by atoms with Crippen molar-refractivity contribution < 1.29 is 9.53 Å². The summed E-state index contributed by atoms with van der Waals surface area (Å²) in [6.07, 6.45) is 1.66. The second-order valence-electron chi connectivity index (χ2n) is 6.58. The molecule has 0 unspecified atom stereocenters. The molecule has 2 aromatic rings. The molecule has 1 aliphatic rings. The molecular formula is C19H22ClN3O3. The Kier molecular flexibility index (Phi) is 5.61. The molecule has 7 heteroatoms. The predicted molar refractivity (Wildman–Crippen MR) is 99.9 cm³/mol. The maximum atomic E-state index is 12.8. The number of likely N-dealkylation sites (tertiary alicyclic amines) is 1. The molecule has 138 valence electrons. The number of nitrogens with zero attached hydrogens (tertiary/aromatic N) is 3. The molecule has 0 atom stereocenters. The minimum absolute atomic E-state index is 0.0753. The largest absolute Gasteiger partial charge is 0.496 e. The van der Waals surface area contributed by atoms with Gasteiger partial charge in [0.2, 0.25) is 0 Å². The number of amides is 1. The highest BCUT2D eigenvalue weighted by Gasteiger charge is 2.26. The van der Waals surface area contributed by atoms with E-state index in [-0.39, 0.29) is 11.5 Å². The van der Waals surface area contributed by atoms with Crippen LogP contribution in [0.25, 0.3) is 0 Å². The quantitative estimate of drug-likeness (QED) is 0.824. The van der Waals surface area contributed by atoms with Crippen molar-refractivity contribution in [3.63, 3.8) is 0 Å². The molecular weight excluding hydrogens is 354 g/mol. The number of benzene rings is 1. The van der Waals surface area contributed by atoms with E-state index in [1.165, 1.54) is 4.68 Å². The van der Waals surface area contributed by atoms with Gasteiger partial charge in [0, 0.05) is 30.7 Å². The van der Waals surface area contributed by atoms with Gasteiger partial charge in [0.1, 0.15) is 5.75 Å². The zero-order valence-corrected chi connectivity index (χ0v) is 15.7. The first-order valence-corrected chi connectivity index (χ1v) is 9.03. The molecule has 0 bridgehead atoms. The van der Waals surface area contributed by atoms with E-state index in [0.29, 0.717) is 41.9 Å². The van der Waals surface area contributed by atoms with Crippen LogP contribution < -0.4 is 10.3 Å². The summed E-state index contributed by atoms with van der Waals surface area (Å²) in [7, 11) is 1.54. The number of halogens is 1. The Bertz CT molecular complexity index is 857. The van der Waals surface area contributed by atoms with Gasteiger partial charge in [0.05, 0.1) is 18.4 Å². The number of carbonyl (C=O) groups excluding carboxylic acids is 1. The van der Waals surface area contributed by atoms with Crippen LogP contribution in [0.3, 0.4) is 0 Å². The molecule has 0 radical (unpaired) electrons. The van der Waals surface area contributed by atoms with Gasteiger partial charge in [-0.3, -0.25) is 9.59 Å². The Labute approximate surface area is 157 Å². The maximum Gasteiger partial charge on any atom is 0.266 e. The topological polar surface area (TPSA) is 64.4 Å². The zero-order chi connectivity index (χ0) is 18.7. The summed E-state index contributed by atoms with van der Waals surface area (Å²) in [5, 5.41) is 4.80. The summed E-state index contributed by atoms with van der Waals surface area (Å²) >= 11 is 6.03. The highest BCUT2D eigenvalue weighted by molar-refractivity contribution is 6.31. The second-order valence-corrected chi connectivity index (χ2v) is 7.01. The van der Waals surface area contributed by atoms with E-state index in [2.05, 4.69) is 5.10 Å². The van der Waals surface area contributed by atoms with Crippen LogP contribution in [0.5, 0.6) is 5.75 Å². The first kappa shape index (κ1) is 18.5. The number of hydrogen-bond acceptors (Lipinski definition) is 4. The Morgan fingerprint density at radius 1 is 1.27 bits per heavy atom. The summed E-state index contributed by atoms with van der Waals surface area (Å²) in [6.45, 7) is 3.73. The van der Waals surface area contributed by atoms with Crippen molar-refractivity contribution in [3.8, 4) is 5.75 Å². The molecule has 0 aliphatic carbocycles. The van der Waals surface area contributed by atoms with Crippen LogP contribution in [0.1, 0.15) is 28.9 Å². The highest BCUT2D eigenvalue weighted by atomic mass is 35.5. The van der Waals surface area contributed by atoms with Crippen LogP contribution in [0, 0.1) is 12.8 Å². The SMILES string of the molecule is COc1ccc(Cl)cc1C(=O)N1CCC(Cn2nc(C)ccc2=O)CC1. The number of rotatable bonds is 4. The third-order valence-corrected chi connectivity index (χ3v) is 4.96. The van der Waals surface area contributed by atoms with Crippen molar-refractivity contribution in [2.24, 2.45) is 5.92 Å². The summed E-state index contributed by atoms with van der Waals surface area (Å²) in [4.78, 5) is 26.5. The molecule has 1 aliphatic heterocycles. The molecule has 2 heterocycles. The van der Waals surface area contributed by atoms with Gasteiger partial charge in [-0.15, -0.1) is 0 Å². The molecule has 0 N–H and O–H groups in total. The number of ether oxygens (including phenoxy) is 1. The molecule has 1 aromatic carbocycles. The number of carbonyl (C=O) groups is 1. The van der Waals surface area contributed by atoms with Crippen LogP contribution in [0.4, 0.5) is 0 Å². The van der Waals surface area contributed by atoms with E-state index in [1.54, 1.807) is 37.4 Å². The van der Waals surface area contributed by atoms with E-state index in [9.17, 15) is 9.59 Å². The number of hydrogen-bond donors (Lipinski definition) is 0. The van der Waals surface area contributed by atoms with E-state index >= 15 is 0 Å². The summed E-state index contributed by atoms with van der Waals surface area (Å²) in [5.74, 6) is 0.776. The van der Waals surface area contributed by atoms with E-state index in [0.717, 1.165) is 18.5 Å². The summed E-state index contributed by atoms with van der Waals surface area (Å²) in [5.41, 5.74) is 1.22. The third-order valence-electron chi connectivity index (χ3n) is 4.72. The number of aryl methyl sites for hydroxylation is 1. The smallest absolute Gasteiger partial charge is 0.266 e. The fourth-order valence-electron chi connectivity index (χ4n) is 3.26. The third kappa shape index (κ3) is 4.07. The van der Waals surface area contributed by atoms with Crippen LogP contribution >= 0.6 is 11.6 Å². The molecule has 3 rings (SSSR count). The van der Waals surface area contributed by atoms with Gasteiger partial charge >= 0.3 is 0 Å². The van der Waals surface area contributed by atoms with Gasteiger partial charge in [0.25, 0.3) is 11.5 Å². The van der Waals surface area contributed by atoms with Gasteiger partial charge in [0.15, 0.2) is 0 Å². The van der Waals surface area contributed by atoms with Crippen molar-refractivity contribution in [3.05, 3.63) is 57.0 Å². The number of aromatic nitrogens is 2. The Morgan fingerprint density at radius 2 is 2.00 bits per heavy atom. The van der Waals surface area contributed by atoms with E-state index in [4.69, 9.17) is 16.3 Å². The molecule has 6 nitrogen and oxygen atoms in total. The minimum Gasteiger partial charge on any atom is -0.496 e. The molecule has 1 amide bonds. The van der Waals surface area contributed by atoms with Gasteiger partial charge in [-0.2, -0.15) is 5.10 Å². The predicted octanol–water partition coefficient (Wildman–Crippen LogP) is 2.77. The van der Waals surface area contributed by atoms with E-state index in [1.807, 2.05) is 11.8 Å². The fourth-order valence-corrected chi connectivity index (χ4v) is 3.43. The molecule has 0 spiro atoms. The lowest BCUT2D eigenvalue weighted by Crippen LogP contribution is -2.40. The van der Waals surface area contributed by atoms with Crippen LogP contribution in [-0.4, -0.2) is 40.8 Å².